The van der Waals surface area contributed by atoms with Crippen molar-refractivity contribution in [1.29, 1.82) is 0 Å². The molecular weight excluding hydrogens is 430 g/mol. The lowest BCUT2D eigenvalue weighted by Crippen LogP contribution is -2.27. The van der Waals surface area contributed by atoms with Gasteiger partial charge in [-0.25, -0.2) is 9.78 Å². The van der Waals surface area contributed by atoms with E-state index in [-0.39, 0.29) is 11.9 Å². The van der Waals surface area contributed by atoms with Gasteiger partial charge in [-0.3, -0.25) is 4.79 Å². The summed E-state index contributed by atoms with van der Waals surface area (Å²) < 4.78 is 12.6. The maximum atomic E-state index is 13.3. The first-order chi connectivity index (χ1) is 16.5. The van der Waals surface area contributed by atoms with Crippen LogP contribution in [0, 0.1) is 0 Å². The van der Waals surface area contributed by atoms with E-state index in [4.69, 9.17) is 9.15 Å². The molecule has 0 saturated heterocycles. The molecule has 1 amide bonds. The minimum Gasteiger partial charge on any atom is -0.465 e. The SMILES string of the molecule is COC(=O)c1ccc([C@H](C)NC(=O)c2cccc3ccn(Cc4nc5ccccc5o4)c23)cc1. The van der Waals surface area contributed by atoms with Crippen molar-refractivity contribution >= 4 is 33.9 Å². The largest absolute Gasteiger partial charge is 0.465 e. The van der Waals surface area contributed by atoms with Gasteiger partial charge < -0.3 is 19.0 Å². The van der Waals surface area contributed by atoms with Gasteiger partial charge in [0.2, 0.25) is 5.89 Å². The maximum absolute atomic E-state index is 13.3. The van der Waals surface area contributed by atoms with E-state index in [2.05, 4.69) is 10.3 Å². The third-order valence-corrected chi connectivity index (χ3v) is 5.86. The lowest BCUT2D eigenvalue weighted by molar-refractivity contribution is 0.0600. The zero-order chi connectivity index (χ0) is 23.7. The summed E-state index contributed by atoms with van der Waals surface area (Å²) in [6.07, 6.45) is 1.94. The molecule has 0 aliphatic carbocycles. The van der Waals surface area contributed by atoms with E-state index in [0.29, 0.717) is 23.6 Å². The van der Waals surface area contributed by atoms with Gasteiger partial charge in [0.05, 0.1) is 36.3 Å². The van der Waals surface area contributed by atoms with E-state index in [1.165, 1.54) is 7.11 Å². The van der Waals surface area contributed by atoms with Crippen LogP contribution in [0.1, 0.15) is 45.1 Å². The van der Waals surface area contributed by atoms with E-state index in [1.807, 2.05) is 78.4 Å². The van der Waals surface area contributed by atoms with Crippen LogP contribution in [0.25, 0.3) is 22.0 Å². The maximum Gasteiger partial charge on any atom is 0.337 e. The predicted octanol–water partition coefficient (Wildman–Crippen LogP) is 5.11. The molecule has 0 aliphatic heterocycles. The molecule has 7 nitrogen and oxygen atoms in total. The monoisotopic (exact) mass is 453 g/mol. The van der Waals surface area contributed by atoms with Crippen molar-refractivity contribution in [3.8, 4) is 0 Å². The van der Waals surface area contributed by atoms with Crippen LogP contribution in [0.5, 0.6) is 0 Å². The van der Waals surface area contributed by atoms with E-state index in [0.717, 1.165) is 27.6 Å². The highest BCUT2D eigenvalue weighted by Crippen LogP contribution is 2.24. The third-order valence-electron chi connectivity index (χ3n) is 5.86. The molecule has 1 atom stereocenters. The minimum absolute atomic E-state index is 0.187. The molecular formula is C27H23N3O4. The molecule has 0 saturated carbocycles. The second-order valence-electron chi connectivity index (χ2n) is 8.07. The summed E-state index contributed by atoms with van der Waals surface area (Å²) in [5, 5.41) is 4.02. The number of hydrogen-bond acceptors (Lipinski definition) is 5. The standard InChI is InChI=1S/C27H23N3O4/c1-17(18-10-12-20(13-11-18)27(32)33-2)28-26(31)21-7-5-6-19-14-15-30(25(19)21)16-24-29-22-8-3-4-9-23(22)34-24/h3-15,17H,16H2,1-2H3,(H,28,31)/t17-/m0/s1. The second-order valence-corrected chi connectivity index (χ2v) is 8.07. The highest BCUT2D eigenvalue weighted by Gasteiger charge is 2.18. The number of para-hydroxylation sites is 3. The van der Waals surface area contributed by atoms with Crippen LogP contribution in [0.3, 0.4) is 0 Å². The van der Waals surface area contributed by atoms with Crippen molar-refractivity contribution < 1.29 is 18.7 Å². The lowest BCUT2D eigenvalue weighted by Gasteiger charge is -2.16. The number of esters is 1. The number of amides is 1. The van der Waals surface area contributed by atoms with Crippen LogP contribution in [0.2, 0.25) is 0 Å². The molecule has 0 radical (unpaired) electrons. The molecule has 0 bridgehead atoms. The van der Waals surface area contributed by atoms with Gasteiger partial charge in [-0.1, -0.05) is 36.4 Å². The van der Waals surface area contributed by atoms with Crippen molar-refractivity contribution in [2.75, 3.05) is 7.11 Å². The Morgan fingerprint density at radius 3 is 2.59 bits per heavy atom. The number of carbonyl (C=O) groups is 2. The van der Waals surface area contributed by atoms with E-state index in [1.54, 1.807) is 12.1 Å². The Kier molecular flexibility index (Phi) is 5.59. The Labute approximate surface area is 196 Å². The normalized spacial score (nSPS) is 12.1. The fourth-order valence-corrected chi connectivity index (χ4v) is 4.09. The molecule has 0 unspecified atom stereocenters. The van der Waals surface area contributed by atoms with Gasteiger partial charge in [0.15, 0.2) is 5.58 Å². The minimum atomic E-state index is -0.394. The van der Waals surface area contributed by atoms with Crippen LogP contribution in [0.4, 0.5) is 0 Å². The molecule has 0 spiro atoms. The third kappa shape index (κ3) is 4.03. The molecule has 0 fully saturated rings. The average Bonchev–Trinajstić information content (AvgIpc) is 3.47. The number of nitrogens with one attached hydrogen (secondary N) is 1. The number of methoxy groups -OCH3 is 1. The van der Waals surface area contributed by atoms with Crippen molar-refractivity contribution in [3.63, 3.8) is 0 Å². The summed E-state index contributed by atoms with van der Waals surface area (Å²) in [7, 11) is 1.35. The Bertz CT molecular complexity index is 1460. The van der Waals surface area contributed by atoms with Crippen LogP contribution < -0.4 is 5.32 Å². The molecule has 2 heterocycles. The van der Waals surface area contributed by atoms with Crippen LogP contribution in [0.15, 0.2) is 83.4 Å². The fourth-order valence-electron chi connectivity index (χ4n) is 4.09. The van der Waals surface area contributed by atoms with Crippen molar-refractivity contribution in [2.24, 2.45) is 0 Å². The van der Waals surface area contributed by atoms with Gasteiger partial charge in [0.1, 0.15) is 5.52 Å². The van der Waals surface area contributed by atoms with E-state index >= 15 is 0 Å². The Balaban J connectivity index is 1.40. The van der Waals surface area contributed by atoms with Gasteiger partial charge in [0, 0.05) is 11.6 Å². The molecule has 5 aromatic rings. The highest BCUT2D eigenvalue weighted by atomic mass is 16.5. The smallest absolute Gasteiger partial charge is 0.337 e. The summed E-state index contributed by atoms with van der Waals surface area (Å²) in [5.74, 6) is -0.00439. The summed E-state index contributed by atoms with van der Waals surface area (Å²) in [4.78, 5) is 29.5. The number of oxazole rings is 1. The number of nitrogens with zero attached hydrogens (tertiary/aromatic N) is 2. The van der Waals surface area contributed by atoms with Gasteiger partial charge in [-0.15, -0.1) is 0 Å². The summed E-state index contributed by atoms with van der Waals surface area (Å²) >= 11 is 0. The van der Waals surface area contributed by atoms with Gasteiger partial charge in [-0.2, -0.15) is 0 Å². The zero-order valence-electron chi connectivity index (χ0n) is 18.8. The quantitative estimate of drug-likeness (QED) is 0.361. The molecule has 170 valence electrons. The van der Waals surface area contributed by atoms with E-state index in [9.17, 15) is 9.59 Å². The molecule has 2 aromatic heterocycles. The first kappa shape index (κ1) is 21.5. The van der Waals surface area contributed by atoms with Gasteiger partial charge in [0.25, 0.3) is 5.91 Å². The number of fused-ring (bicyclic) bond motifs is 2. The Morgan fingerprint density at radius 1 is 1.03 bits per heavy atom. The Hall–Kier alpha value is -4.39. The lowest BCUT2D eigenvalue weighted by atomic mass is 10.0. The number of hydrogen-bond donors (Lipinski definition) is 1. The van der Waals surface area contributed by atoms with E-state index < -0.39 is 5.97 Å². The average molecular weight is 453 g/mol. The summed E-state index contributed by atoms with van der Waals surface area (Å²) in [5.41, 5.74) is 4.27. The van der Waals surface area contributed by atoms with Crippen LogP contribution in [-0.2, 0) is 11.3 Å². The number of aromatic nitrogens is 2. The number of benzene rings is 3. The first-order valence-corrected chi connectivity index (χ1v) is 10.9. The molecule has 1 N–H and O–H groups in total. The second kappa shape index (κ2) is 8.86. The topological polar surface area (TPSA) is 86.4 Å². The van der Waals surface area contributed by atoms with Crippen molar-refractivity contribution in [1.82, 2.24) is 14.9 Å². The molecule has 34 heavy (non-hydrogen) atoms. The molecule has 0 aliphatic rings. The van der Waals surface area contributed by atoms with Crippen molar-refractivity contribution in [3.05, 3.63) is 102 Å². The van der Waals surface area contributed by atoms with Crippen molar-refractivity contribution in [2.45, 2.75) is 19.5 Å². The first-order valence-electron chi connectivity index (χ1n) is 10.9. The summed E-state index contributed by atoms with van der Waals surface area (Å²) in [6.45, 7) is 2.32. The van der Waals surface area contributed by atoms with Gasteiger partial charge >= 0.3 is 5.97 Å². The number of ether oxygens (including phenoxy) is 1. The zero-order valence-corrected chi connectivity index (χ0v) is 18.8. The number of carbonyl (C=O) groups excluding carboxylic acids is 2. The van der Waals surface area contributed by atoms with Crippen LogP contribution in [-0.4, -0.2) is 28.5 Å². The molecule has 3 aromatic carbocycles. The van der Waals surface area contributed by atoms with Crippen LogP contribution >= 0.6 is 0 Å². The van der Waals surface area contributed by atoms with Gasteiger partial charge in [-0.05, 0) is 48.9 Å². The summed E-state index contributed by atoms with van der Waals surface area (Å²) in [6, 6.07) is 22.0. The highest BCUT2D eigenvalue weighted by molar-refractivity contribution is 6.06. The predicted molar refractivity (Wildman–Crippen MR) is 129 cm³/mol. The number of rotatable bonds is 6. The molecule has 5 rings (SSSR count). The fraction of sp³-hybridized carbons (Fsp3) is 0.148. The Morgan fingerprint density at radius 2 is 1.82 bits per heavy atom. The molecule has 7 heteroatoms.